The molecule has 6 heteroatoms. The molecule has 0 fully saturated rings. The molecule has 0 aliphatic rings. The summed E-state index contributed by atoms with van der Waals surface area (Å²) in [5.41, 5.74) is 6.02. The minimum Gasteiger partial charge on any atom is -0.548 e. The minimum atomic E-state index is -1.27. The fourth-order valence-corrected chi connectivity index (χ4v) is 0.969. The molecule has 0 aromatic heterocycles. The number of carbonyl (C=O) groups is 1. The van der Waals surface area contributed by atoms with Gasteiger partial charge in [-0.3, -0.25) is 0 Å². The summed E-state index contributed by atoms with van der Waals surface area (Å²) in [6, 6.07) is 5.22. The Morgan fingerprint density at radius 3 is 2.27 bits per heavy atom. The molecule has 15 heavy (non-hydrogen) atoms. The number of hydrogen-bond acceptors (Lipinski definition) is 5. The lowest BCUT2D eigenvalue weighted by Gasteiger charge is -2.11. The lowest BCUT2D eigenvalue weighted by atomic mass is 10.1. The van der Waals surface area contributed by atoms with Crippen LogP contribution < -0.4 is 10.8 Å². The van der Waals surface area contributed by atoms with Gasteiger partial charge in [-0.25, -0.2) is 3.17 Å². The molecule has 1 aromatic carbocycles. The first-order chi connectivity index (χ1) is 7.09. The third kappa shape index (κ3) is 5.46. The molecule has 3 N–H and O–H groups in total. The molecule has 0 spiro atoms. The molecule has 0 aliphatic carbocycles. The Balaban J connectivity index is 0.000000921. The molecule has 1 atom stereocenters. The van der Waals surface area contributed by atoms with Crippen molar-refractivity contribution in [3.63, 3.8) is 0 Å². The number of hydrogen-bond donors (Lipinski definition) is 2. The van der Waals surface area contributed by atoms with Gasteiger partial charge in [-0.15, -0.1) is 0 Å². The number of carboxylic acids is 1. The molecular formula is C9H10MgNO4. The van der Waals surface area contributed by atoms with Gasteiger partial charge >= 0.3 is 21.7 Å². The summed E-state index contributed by atoms with van der Waals surface area (Å²) in [7, 11) is 0. The Morgan fingerprint density at radius 2 is 1.87 bits per heavy atom. The molecule has 5 radical (unpaired) electrons. The van der Waals surface area contributed by atoms with E-state index in [2.05, 4.69) is 0 Å². The van der Waals surface area contributed by atoms with Crippen molar-refractivity contribution in [1.29, 1.82) is 0 Å². The van der Waals surface area contributed by atoms with Gasteiger partial charge in [0.1, 0.15) is 5.75 Å². The summed E-state index contributed by atoms with van der Waals surface area (Å²) in [5.74, 6) is -1.13. The number of aromatic hydroxyl groups is 1. The van der Waals surface area contributed by atoms with Gasteiger partial charge in [0, 0.05) is 6.04 Å². The maximum Gasteiger partial charge on any atom is 1.25 e. The number of carbonyl (C=O) groups excluding carboxylic acids is 1. The Kier molecular flexibility index (Phi) is 6.85. The highest BCUT2D eigenvalue weighted by Gasteiger charge is 2.04. The normalized spacial score (nSPS) is 11.0. The van der Waals surface area contributed by atoms with Gasteiger partial charge in [0.25, 0.3) is 0 Å². The van der Waals surface area contributed by atoms with Gasteiger partial charge in [0.05, 0.1) is 5.97 Å². The SMILES string of the molecule is N[C@@H](Cc1ccc(O)cc1)C(=O)[O-].[O]=[Mg+]. The number of benzene rings is 1. The van der Waals surface area contributed by atoms with Crippen molar-refractivity contribution in [1.82, 2.24) is 0 Å². The summed E-state index contributed by atoms with van der Waals surface area (Å²) in [5, 5.41) is 19.2. The third-order valence-electron chi connectivity index (χ3n) is 1.69. The van der Waals surface area contributed by atoms with Gasteiger partial charge < -0.3 is 20.7 Å². The zero-order valence-corrected chi connectivity index (χ0v) is 9.46. The summed E-state index contributed by atoms with van der Waals surface area (Å²) in [6.45, 7) is 0. The summed E-state index contributed by atoms with van der Waals surface area (Å²) in [4.78, 5) is 10.3. The molecule has 0 saturated heterocycles. The Hall–Kier alpha value is -0.984. The smallest absolute Gasteiger partial charge is 0.548 e. The second kappa shape index (κ2) is 7.33. The van der Waals surface area contributed by atoms with Crippen LogP contribution in [-0.2, 0) is 14.4 Å². The van der Waals surface area contributed by atoms with Crippen LogP contribution in [0, 0.1) is 0 Å². The van der Waals surface area contributed by atoms with E-state index >= 15 is 0 Å². The molecule has 0 amide bonds. The Morgan fingerprint density at radius 1 is 1.40 bits per heavy atom. The maximum atomic E-state index is 10.3. The Bertz CT molecular complexity index is 314. The second-order valence-electron chi connectivity index (χ2n) is 2.80. The first-order valence-electron chi connectivity index (χ1n) is 4.13. The van der Waals surface area contributed by atoms with Crippen molar-refractivity contribution in [3.05, 3.63) is 29.8 Å². The number of rotatable bonds is 3. The van der Waals surface area contributed by atoms with Crippen molar-refractivity contribution in [2.24, 2.45) is 5.73 Å². The van der Waals surface area contributed by atoms with Gasteiger partial charge in [0.15, 0.2) is 0 Å². The first kappa shape index (κ1) is 14.0. The number of aliphatic carboxylic acids is 1. The minimum absolute atomic E-state index is 0.144. The predicted octanol–water partition coefficient (Wildman–Crippen LogP) is -1.49. The van der Waals surface area contributed by atoms with Crippen LogP contribution in [-0.4, -0.2) is 38.8 Å². The van der Waals surface area contributed by atoms with E-state index in [0.717, 1.165) is 5.56 Å². The van der Waals surface area contributed by atoms with Gasteiger partial charge in [-0.1, -0.05) is 12.1 Å². The van der Waals surface area contributed by atoms with Crippen LogP contribution in [0.4, 0.5) is 0 Å². The fraction of sp³-hybridized carbons (Fsp3) is 0.222. The molecule has 0 bridgehead atoms. The van der Waals surface area contributed by atoms with Crippen molar-refractivity contribution in [2.45, 2.75) is 12.5 Å². The monoisotopic (exact) mass is 220 g/mol. The van der Waals surface area contributed by atoms with Crippen LogP contribution in [0.2, 0.25) is 0 Å². The number of phenolic OH excluding ortho intramolecular Hbond substituents is 1. The number of carboxylic acid groups (broad SMARTS) is 1. The highest BCUT2D eigenvalue weighted by molar-refractivity contribution is 5.85. The lowest BCUT2D eigenvalue weighted by molar-refractivity contribution is -0.307. The van der Waals surface area contributed by atoms with Crippen molar-refractivity contribution >= 4 is 27.7 Å². The second-order valence-corrected chi connectivity index (χ2v) is 2.80. The van der Waals surface area contributed by atoms with Crippen LogP contribution >= 0.6 is 0 Å². The molecular weight excluding hydrogens is 210 g/mol. The van der Waals surface area contributed by atoms with Crippen molar-refractivity contribution in [3.8, 4) is 5.75 Å². The fourth-order valence-electron chi connectivity index (χ4n) is 0.969. The third-order valence-corrected chi connectivity index (χ3v) is 1.69. The molecule has 0 aliphatic heterocycles. The summed E-state index contributed by atoms with van der Waals surface area (Å²) < 4.78 is 8.28. The first-order valence-corrected chi connectivity index (χ1v) is 4.70. The number of phenols is 1. The Labute approximate surface area is 99.7 Å². The molecule has 5 nitrogen and oxygen atoms in total. The molecule has 1 rings (SSSR count). The van der Waals surface area contributed by atoms with E-state index < -0.39 is 12.0 Å². The van der Waals surface area contributed by atoms with E-state index in [1.54, 1.807) is 12.1 Å². The highest BCUT2D eigenvalue weighted by atomic mass is 24.4. The van der Waals surface area contributed by atoms with Crippen LogP contribution in [0.3, 0.4) is 0 Å². The maximum absolute atomic E-state index is 10.3. The zero-order chi connectivity index (χ0) is 11.8. The topological polar surface area (TPSA) is 103 Å². The molecule has 0 heterocycles. The molecule has 77 valence electrons. The summed E-state index contributed by atoms with van der Waals surface area (Å²) >= 11 is 0.611. The van der Waals surface area contributed by atoms with E-state index in [1.807, 2.05) is 0 Å². The highest BCUT2D eigenvalue weighted by Crippen LogP contribution is 2.10. The van der Waals surface area contributed by atoms with E-state index in [9.17, 15) is 9.90 Å². The van der Waals surface area contributed by atoms with Gasteiger partial charge in [-0.2, -0.15) is 0 Å². The van der Waals surface area contributed by atoms with Crippen LogP contribution in [0.15, 0.2) is 24.3 Å². The van der Waals surface area contributed by atoms with Crippen LogP contribution in [0.25, 0.3) is 0 Å². The zero-order valence-electron chi connectivity index (χ0n) is 8.05. The molecule has 1 aromatic rings. The van der Waals surface area contributed by atoms with Crippen molar-refractivity contribution in [2.75, 3.05) is 0 Å². The average molecular weight is 220 g/mol. The van der Waals surface area contributed by atoms with E-state index in [1.165, 1.54) is 12.1 Å². The van der Waals surface area contributed by atoms with E-state index in [-0.39, 0.29) is 12.2 Å². The largest absolute Gasteiger partial charge is 1.25 e. The quantitative estimate of drug-likeness (QED) is 0.604. The lowest BCUT2D eigenvalue weighted by Crippen LogP contribution is -2.43. The van der Waals surface area contributed by atoms with Gasteiger partial charge in [0.2, 0.25) is 0 Å². The standard InChI is InChI=1S/C9H11NO3.Mg.O/c10-8(9(12)13)5-6-1-3-7(11)4-2-6;;/h1-4,8,11H,5,10H2,(H,12,13);;/q;+1;/p-1/t8-;;/m0../s1. The predicted molar refractivity (Wildman–Crippen MR) is 51.2 cm³/mol. The molecule has 0 saturated carbocycles. The summed E-state index contributed by atoms with van der Waals surface area (Å²) in [6.07, 6.45) is 0.211. The van der Waals surface area contributed by atoms with E-state index in [4.69, 9.17) is 14.0 Å². The van der Waals surface area contributed by atoms with E-state index in [0.29, 0.717) is 21.7 Å². The molecule has 0 unspecified atom stereocenters. The van der Waals surface area contributed by atoms with Crippen molar-refractivity contribution < 1.29 is 18.2 Å². The van der Waals surface area contributed by atoms with Gasteiger partial charge in [-0.05, 0) is 24.1 Å². The average Bonchev–Trinajstić information content (AvgIpc) is 2.24. The number of nitrogens with two attached hydrogens (primary N) is 1. The van der Waals surface area contributed by atoms with Crippen LogP contribution in [0.1, 0.15) is 5.56 Å². The van der Waals surface area contributed by atoms with Crippen LogP contribution in [0.5, 0.6) is 5.75 Å².